The molecule has 0 bridgehead atoms. The summed E-state index contributed by atoms with van der Waals surface area (Å²) in [7, 11) is 0. The van der Waals surface area contributed by atoms with Crippen molar-refractivity contribution in [2.24, 2.45) is 5.92 Å². The lowest BCUT2D eigenvalue weighted by molar-refractivity contribution is 0.0134. The summed E-state index contributed by atoms with van der Waals surface area (Å²) in [5.74, 6) is 1.08. The van der Waals surface area contributed by atoms with E-state index in [1.807, 2.05) is 6.92 Å². The first-order valence-corrected chi connectivity index (χ1v) is 4.62. The number of ether oxygens (including phenoxy) is 1. The molecule has 0 aliphatic rings. The van der Waals surface area contributed by atoms with Gasteiger partial charge in [-0.1, -0.05) is 6.92 Å². The molecule has 0 radical (unpaired) electrons. The minimum absolute atomic E-state index is 0.405. The predicted octanol–water partition coefficient (Wildman–Crippen LogP) is 2.92. The summed E-state index contributed by atoms with van der Waals surface area (Å²) in [6.45, 7) is 1.99. The second-order valence-electron chi connectivity index (χ2n) is 2.84. The van der Waals surface area contributed by atoms with E-state index in [1.54, 1.807) is 0 Å². The SMILES string of the molecule is CC(CCCl)CCOCC(F)F. The molecule has 74 valence electrons. The molecule has 0 rings (SSSR count). The summed E-state index contributed by atoms with van der Waals surface area (Å²) in [6.07, 6.45) is -0.632. The van der Waals surface area contributed by atoms with E-state index >= 15 is 0 Å². The molecule has 1 nitrogen and oxygen atoms in total. The minimum Gasteiger partial charge on any atom is -0.376 e. The Morgan fingerprint density at radius 2 is 2.00 bits per heavy atom. The van der Waals surface area contributed by atoms with Gasteiger partial charge in [-0.25, -0.2) is 8.78 Å². The predicted molar refractivity (Wildman–Crippen MR) is 45.9 cm³/mol. The van der Waals surface area contributed by atoms with Gasteiger partial charge in [0.25, 0.3) is 6.43 Å². The lowest BCUT2D eigenvalue weighted by Crippen LogP contribution is -2.08. The molecule has 0 aromatic heterocycles. The smallest absolute Gasteiger partial charge is 0.261 e. The van der Waals surface area contributed by atoms with Crippen molar-refractivity contribution in [1.29, 1.82) is 0 Å². The zero-order valence-electron chi connectivity index (χ0n) is 7.23. The number of alkyl halides is 3. The van der Waals surface area contributed by atoms with Crippen LogP contribution in [0.5, 0.6) is 0 Å². The Morgan fingerprint density at radius 1 is 1.33 bits per heavy atom. The van der Waals surface area contributed by atoms with Crippen LogP contribution >= 0.6 is 11.6 Å². The first-order valence-electron chi connectivity index (χ1n) is 4.08. The highest BCUT2D eigenvalue weighted by Gasteiger charge is 2.04. The van der Waals surface area contributed by atoms with Gasteiger partial charge in [-0.05, 0) is 18.8 Å². The van der Waals surface area contributed by atoms with Crippen molar-refractivity contribution in [2.75, 3.05) is 19.1 Å². The van der Waals surface area contributed by atoms with Crippen molar-refractivity contribution in [2.45, 2.75) is 26.2 Å². The molecule has 0 aromatic carbocycles. The summed E-state index contributed by atoms with van der Waals surface area (Å²) < 4.78 is 27.8. The Bertz CT molecular complexity index is 101. The van der Waals surface area contributed by atoms with Crippen LogP contribution in [-0.2, 0) is 4.74 Å². The molecule has 0 N–H and O–H groups in total. The Kier molecular flexibility index (Phi) is 7.81. The first-order chi connectivity index (χ1) is 5.66. The fourth-order valence-corrected chi connectivity index (χ4v) is 1.16. The fourth-order valence-electron chi connectivity index (χ4n) is 0.788. The maximum atomic E-state index is 11.6. The van der Waals surface area contributed by atoms with Crippen LogP contribution in [0.25, 0.3) is 0 Å². The third kappa shape index (κ3) is 8.21. The number of halogens is 3. The highest BCUT2D eigenvalue weighted by atomic mass is 35.5. The Balaban J connectivity index is 3.08. The number of rotatable bonds is 7. The second kappa shape index (κ2) is 7.74. The van der Waals surface area contributed by atoms with E-state index in [0.717, 1.165) is 12.8 Å². The zero-order valence-corrected chi connectivity index (χ0v) is 7.99. The number of hydrogen-bond acceptors (Lipinski definition) is 1. The average Bonchev–Trinajstić information content (AvgIpc) is 1.98. The van der Waals surface area contributed by atoms with E-state index in [0.29, 0.717) is 18.4 Å². The van der Waals surface area contributed by atoms with Crippen LogP contribution in [0.3, 0.4) is 0 Å². The van der Waals surface area contributed by atoms with Gasteiger partial charge < -0.3 is 4.74 Å². The summed E-state index contributed by atoms with van der Waals surface area (Å²) >= 11 is 5.50. The highest BCUT2D eigenvalue weighted by Crippen LogP contribution is 2.08. The van der Waals surface area contributed by atoms with Gasteiger partial charge in [-0.2, -0.15) is 0 Å². The maximum absolute atomic E-state index is 11.6. The molecule has 0 spiro atoms. The van der Waals surface area contributed by atoms with E-state index in [4.69, 9.17) is 16.3 Å². The average molecular weight is 201 g/mol. The highest BCUT2D eigenvalue weighted by molar-refractivity contribution is 6.17. The van der Waals surface area contributed by atoms with Gasteiger partial charge in [0.15, 0.2) is 0 Å². The third-order valence-electron chi connectivity index (χ3n) is 1.60. The minimum atomic E-state index is -2.35. The molecule has 1 unspecified atom stereocenters. The molecule has 0 aliphatic carbocycles. The molecule has 0 fully saturated rings. The van der Waals surface area contributed by atoms with Crippen LogP contribution in [-0.4, -0.2) is 25.5 Å². The Hall–Kier alpha value is 0.110. The molecule has 1 atom stereocenters. The van der Waals surface area contributed by atoms with Gasteiger partial charge in [-0.15, -0.1) is 11.6 Å². The molecule has 12 heavy (non-hydrogen) atoms. The number of hydrogen-bond donors (Lipinski definition) is 0. The molecule has 0 aromatic rings. The lowest BCUT2D eigenvalue weighted by Gasteiger charge is -2.08. The Labute approximate surface area is 77.0 Å². The molecule has 0 heterocycles. The van der Waals surface area contributed by atoms with Crippen LogP contribution in [0.15, 0.2) is 0 Å². The molecule has 0 saturated heterocycles. The summed E-state index contributed by atoms with van der Waals surface area (Å²) in [5.41, 5.74) is 0. The molecule has 0 aliphatic heterocycles. The molecular formula is C8H15ClF2O. The summed E-state index contributed by atoms with van der Waals surface area (Å²) in [4.78, 5) is 0. The van der Waals surface area contributed by atoms with Gasteiger partial charge in [0.2, 0.25) is 0 Å². The van der Waals surface area contributed by atoms with Crippen molar-refractivity contribution in [3.8, 4) is 0 Å². The first kappa shape index (κ1) is 12.1. The maximum Gasteiger partial charge on any atom is 0.261 e. The van der Waals surface area contributed by atoms with E-state index < -0.39 is 13.0 Å². The Morgan fingerprint density at radius 3 is 2.50 bits per heavy atom. The largest absolute Gasteiger partial charge is 0.376 e. The van der Waals surface area contributed by atoms with Gasteiger partial charge >= 0.3 is 0 Å². The van der Waals surface area contributed by atoms with Crippen molar-refractivity contribution < 1.29 is 13.5 Å². The molecule has 4 heteroatoms. The topological polar surface area (TPSA) is 9.23 Å². The van der Waals surface area contributed by atoms with E-state index in [1.165, 1.54) is 0 Å². The van der Waals surface area contributed by atoms with Gasteiger partial charge in [-0.3, -0.25) is 0 Å². The van der Waals surface area contributed by atoms with Crippen LogP contribution in [0, 0.1) is 5.92 Å². The molecule has 0 amide bonds. The third-order valence-corrected chi connectivity index (χ3v) is 1.82. The lowest BCUT2D eigenvalue weighted by atomic mass is 10.1. The van der Waals surface area contributed by atoms with Crippen LogP contribution in [0.2, 0.25) is 0 Å². The van der Waals surface area contributed by atoms with Crippen molar-refractivity contribution >= 4 is 11.6 Å². The van der Waals surface area contributed by atoms with Crippen LogP contribution < -0.4 is 0 Å². The summed E-state index contributed by atoms with van der Waals surface area (Å²) in [5, 5.41) is 0. The van der Waals surface area contributed by atoms with Gasteiger partial charge in [0.05, 0.1) is 0 Å². The van der Waals surface area contributed by atoms with E-state index in [-0.39, 0.29) is 0 Å². The summed E-state index contributed by atoms with van der Waals surface area (Å²) in [6, 6.07) is 0. The van der Waals surface area contributed by atoms with E-state index in [9.17, 15) is 8.78 Å². The van der Waals surface area contributed by atoms with Crippen molar-refractivity contribution in [1.82, 2.24) is 0 Å². The normalized spacial score (nSPS) is 13.8. The standard InChI is InChI=1S/C8H15ClF2O/c1-7(2-4-9)3-5-12-6-8(10)11/h7-8H,2-6H2,1H3. The van der Waals surface area contributed by atoms with Crippen molar-refractivity contribution in [3.63, 3.8) is 0 Å². The van der Waals surface area contributed by atoms with Gasteiger partial charge in [0.1, 0.15) is 6.61 Å². The quantitative estimate of drug-likeness (QED) is 0.454. The zero-order chi connectivity index (χ0) is 9.40. The molecule has 0 saturated carbocycles. The van der Waals surface area contributed by atoms with Crippen LogP contribution in [0.1, 0.15) is 19.8 Å². The fraction of sp³-hybridized carbons (Fsp3) is 1.00. The van der Waals surface area contributed by atoms with Crippen LogP contribution in [0.4, 0.5) is 8.78 Å². The van der Waals surface area contributed by atoms with E-state index in [2.05, 4.69) is 0 Å². The van der Waals surface area contributed by atoms with Gasteiger partial charge in [0, 0.05) is 12.5 Å². The van der Waals surface area contributed by atoms with Crippen molar-refractivity contribution in [3.05, 3.63) is 0 Å². The second-order valence-corrected chi connectivity index (χ2v) is 3.22. The molecular weight excluding hydrogens is 186 g/mol. The monoisotopic (exact) mass is 200 g/mol.